The number of piperazine rings is 1. The Balaban J connectivity index is 1.58. The Kier molecular flexibility index (Phi) is 7.31. The second-order valence-corrected chi connectivity index (χ2v) is 12.2. The van der Waals surface area contributed by atoms with Crippen LogP contribution >= 0.6 is 11.3 Å². The van der Waals surface area contributed by atoms with Crippen molar-refractivity contribution in [2.24, 2.45) is 5.92 Å². The Labute approximate surface area is 202 Å². The van der Waals surface area contributed by atoms with Crippen molar-refractivity contribution in [3.63, 3.8) is 0 Å². The van der Waals surface area contributed by atoms with E-state index < -0.39 is 21.8 Å². The maximum Gasteiger partial charge on any atom is 0.421 e. The van der Waals surface area contributed by atoms with Crippen LogP contribution in [-0.4, -0.2) is 62.9 Å². The Bertz CT molecular complexity index is 1050. The average Bonchev–Trinajstić information content (AvgIpc) is 3.35. The largest absolute Gasteiger partial charge is 0.421 e. The maximum absolute atomic E-state index is 13.2. The van der Waals surface area contributed by atoms with Gasteiger partial charge in [0.25, 0.3) is 10.0 Å². The molecule has 6 nitrogen and oxygen atoms in total. The molecule has 0 radical (unpaired) electrons. The molecule has 1 aromatic carbocycles. The Morgan fingerprint density at radius 2 is 1.79 bits per heavy atom. The molecule has 0 amide bonds. The lowest BCUT2D eigenvalue weighted by Gasteiger charge is -2.44. The molecule has 188 valence electrons. The molecule has 2 aliphatic rings. The van der Waals surface area contributed by atoms with Gasteiger partial charge in [-0.15, -0.1) is 11.3 Å². The number of nitrogens with zero attached hydrogens (tertiary/aromatic N) is 2. The van der Waals surface area contributed by atoms with Gasteiger partial charge in [-0.1, -0.05) is 18.2 Å². The number of anilines is 1. The Morgan fingerprint density at radius 1 is 1.12 bits per heavy atom. The number of halogens is 3. The highest BCUT2D eigenvalue weighted by atomic mass is 32.2. The van der Waals surface area contributed by atoms with Crippen LogP contribution in [0.2, 0.25) is 0 Å². The van der Waals surface area contributed by atoms with Gasteiger partial charge in [0, 0.05) is 44.6 Å². The van der Waals surface area contributed by atoms with Crippen LogP contribution in [-0.2, 0) is 20.4 Å². The van der Waals surface area contributed by atoms with Crippen molar-refractivity contribution >= 4 is 27.0 Å². The molecule has 1 aromatic heterocycles. The summed E-state index contributed by atoms with van der Waals surface area (Å²) < 4.78 is 73.3. The lowest BCUT2D eigenvalue weighted by Crippen LogP contribution is -2.55. The van der Waals surface area contributed by atoms with Gasteiger partial charge in [-0.3, -0.25) is 0 Å². The summed E-state index contributed by atoms with van der Waals surface area (Å²) in [7, 11) is -3.60. The molecule has 2 fully saturated rings. The average molecular weight is 519 g/mol. The van der Waals surface area contributed by atoms with E-state index in [1.165, 1.54) is 27.8 Å². The van der Waals surface area contributed by atoms with Crippen LogP contribution in [0.4, 0.5) is 18.9 Å². The molecule has 0 saturated carbocycles. The number of aliphatic hydroxyl groups is 1. The molecule has 2 atom stereocenters. The van der Waals surface area contributed by atoms with Crippen molar-refractivity contribution < 1.29 is 31.4 Å². The molecule has 0 unspecified atom stereocenters. The normalized spacial score (nSPS) is 23.1. The molecule has 2 saturated heterocycles. The summed E-state index contributed by atoms with van der Waals surface area (Å²) in [6, 6.07) is 8.94. The van der Waals surface area contributed by atoms with Crippen LogP contribution in [0.1, 0.15) is 31.7 Å². The van der Waals surface area contributed by atoms with E-state index in [0.29, 0.717) is 42.1 Å². The standard InChI is InChI=1S/C23H29F3N2O4S2/c1-22(29,23(24,25)26)18-4-6-19(7-5-18)28-11-10-27(34(30,31)21-3-2-14-33-21)16-20(28)15-17-8-12-32-13-9-17/h2-7,14,17,20,29H,8-13,15-16H2,1H3/t20-,22+/m1/s1. The second-order valence-electron chi connectivity index (χ2n) is 9.05. The number of hydrogen-bond acceptors (Lipinski definition) is 6. The van der Waals surface area contributed by atoms with E-state index in [9.17, 15) is 26.7 Å². The van der Waals surface area contributed by atoms with E-state index in [1.807, 2.05) is 0 Å². The van der Waals surface area contributed by atoms with Crippen LogP contribution in [0, 0.1) is 5.92 Å². The van der Waals surface area contributed by atoms with E-state index in [-0.39, 0.29) is 18.2 Å². The molecule has 34 heavy (non-hydrogen) atoms. The zero-order valence-corrected chi connectivity index (χ0v) is 20.5. The topological polar surface area (TPSA) is 70.1 Å². The van der Waals surface area contributed by atoms with Gasteiger partial charge in [0.15, 0.2) is 5.60 Å². The minimum absolute atomic E-state index is 0.124. The number of thiophene rings is 1. The third-order valence-corrected chi connectivity index (χ3v) is 10.0. The first-order chi connectivity index (χ1) is 16.0. The van der Waals surface area contributed by atoms with E-state index in [4.69, 9.17) is 4.74 Å². The molecule has 11 heteroatoms. The SMILES string of the molecule is C[C@](O)(c1ccc(N2CCN(S(=O)(=O)c3cccs3)C[C@H]2CC2CCOCC2)cc1)C(F)(F)F. The van der Waals surface area contributed by atoms with E-state index >= 15 is 0 Å². The Morgan fingerprint density at radius 3 is 2.38 bits per heavy atom. The molecule has 1 N–H and O–H groups in total. The van der Waals surface area contributed by atoms with Crippen LogP contribution < -0.4 is 4.90 Å². The van der Waals surface area contributed by atoms with Gasteiger partial charge in [-0.2, -0.15) is 17.5 Å². The van der Waals surface area contributed by atoms with Crippen molar-refractivity contribution in [1.29, 1.82) is 0 Å². The molecule has 0 aliphatic carbocycles. The fourth-order valence-electron chi connectivity index (χ4n) is 4.63. The highest BCUT2D eigenvalue weighted by Crippen LogP contribution is 2.39. The van der Waals surface area contributed by atoms with Crippen LogP contribution in [0.5, 0.6) is 0 Å². The predicted molar refractivity (Wildman–Crippen MR) is 124 cm³/mol. The molecule has 2 aromatic rings. The molecule has 3 heterocycles. The van der Waals surface area contributed by atoms with Gasteiger partial charge >= 0.3 is 6.18 Å². The van der Waals surface area contributed by atoms with E-state index in [1.54, 1.807) is 29.6 Å². The first-order valence-electron chi connectivity index (χ1n) is 11.3. The fraction of sp³-hybridized carbons (Fsp3) is 0.565. The van der Waals surface area contributed by atoms with E-state index in [2.05, 4.69) is 4.90 Å². The molecule has 0 bridgehead atoms. The fourth-order valence-corrected chi connectivity index (χ4v) is 7.25. The van der Waals surface area contributed by atoms with Crippen molar-refractivity contribution in [2.45, 2.75) is 48.2 Å². The lowest BCUT2D eigenvalue weighted by molar-refractivity contribution is -0.258. The summed E-state index contributed by atoms with van der Waals surface area (Å²) in [5, 5.41) is 11.7. The summed E-state index contributed by atoms with van der Waals surface area (Å²) in [5.74, 6) is 0.385. The highest BCUT2D eigenvalue weighted by molar-refractivity contribution is 7.91. The van der Waals surface area contributed by atoms with Gasteiger partial charge in [0.05, 0.1) is 0 Å². The first-order valence-corrected chi connectivity index (χ1v) is 13.6. The first kappa shape index (κ1) is 25.4. The summed E-state index contributed by atoms with van der Waals surface area (Å²) in [6.45, 7) is 3.11. The van der Waals surface area contributed by atoms with Gasteiger partial charge in [0.1, 0.15) is 4.21 Å². The second kappa shape index (κ2) is 9.77. The van der Waals surface area contributed by atoms with Crippen molar-refractivity contribution in [1.82, 2.24) is 4.31 Å². The maximum atomic E-state index is 13.2. The number of rotatable bonds is 6. The minimum Gasteiger partial charge on any atom is -0.381 e. The van der Waals surface area contributed by atoms with Crippen molar-refractivity contribution in [2.75, 3.05) is 37.7 Å². The summed E-state index contributed by atoms with van der Waals surface area (Å²) in [4.78, 5) is 2.09. The number of sulfonamides is 1. The third-order valence-electron chi connectivity index (χ3n) is 6.79. The quantitative estimate of drug-likeness (QED) is 0.621. The monoisotopic (exact) mass is 518 g/mol. The minimum atomic E-state index is -4.79. The van der Waals surface area contributed by atoms with Gasteiger partial charge in [-0.25, -0.2) is 8.42 Å². The Hall–Kier alpha value is -1.66. The smallest absolute Gasteiger partial charge is 0.381 e. The van der Waals surface area contributed by atoms with Crippen LogP contribution in [0.25, 0.3) is 0 Å². The highest BCUT2D eigenvalue weighted by Gasteiger charge is 2.51. The zero-order chi connectivity index (χ0) is 24.6. The van der Waals surface area contributed by atoms with Crippen LogP contribution in [0.3, 0.4) is 0 Å². The molecular formula is C23H29F3N2O4S2. The predicted octanol–water partition coefficient (Wildman–Crippen LogP) is 4.21. The summed E-state index contributed by atoms with van der Waals surface area (Å²) >= 11 is 1.19. The lowest BCUT2D eigenvalue weighted by atomic mass is 9.90. The zero-order valence-electron chi connectivity index (χ0n) is 18.9. The van der Waals surface area contributed by atoms with Gasteiger partial charge < -0.3 is 14.7 Å². The molecule has 2 aliphatic heterocycles. The molecule has 0 spiro atoms. The van der Waals surface area contributed by atoms with Crippen molar-refractivity contribution in [3.05, 3.63) is 47.3 Å². The number of ether oxygens (including phenoxy) is 1. The van der Waals surface area contributed by atoms with E-state index in [0.717, 1.165) is 26.2 Å². The molecular weight excluding hydrogens is 489 g/mol. The third kappa shape index (κ3) is 5.13. The number of alkyl halides is 3. The van der Waals surface area contributed by atoms with Crippen molar-refractivity contribution in [3.8, 4) is 0 Å². The van der Waals surface area contributed by atoms with Gasteiger partial charge in [0.2, 0.25) is 0 Å². The summed E-state index contributed by atoms with van der Waals surface area (Å²) in [5.41, 5.74) is -2.46. The van der Waals surface area contributed by atoms with Gasteiger partial charge in [-0.05, 0) is 61.2 Å². The molecule has 4 rings (SSSR count). The number of benzene rings is 1. The summed E-state index contributed by atoms with van der Waals surface area (Å²) in [6.07, 6.45) is -2.23. The van der Waals surface area contributed by atoms with Crippen LogP contribution in [0.15, 0.2) is 46.0 Å². The number of hydrogen-bond donors (Lipinski definition) is 1.